The number of hydrogen-bond acceptors (Lipinski definition) is 3. The molecule has 0 atom stereocenters. The third kappa shape index (κ3) is 4.88. The summed E-state index contributed by atoms with van der Waals surface area (Å²) in [6.45, 7) is 5.94. The van der Waals surface area contributed by atoms with E-state index in [1.54, 1.807) is 6.92 Å². The summed E-state index contributed by atoms with van der Waals surface area (Å²) in [7, 11) is 0. The van der Waals surface area contributed by atoms with Crippen molar-refractivity contribution in [1.29, 1.82) is 0 Å². The number of benzene rings is 1. The number of alkyl halides is 3. The van der Waals surface area contributed by atoms with Crippen LogP contribution in [0.4, 0.5) is 22.3 Å². The van der Waals surface area contributed by atoms with Crippen LogP contribution in [0.3, 0.4) is 0 Å². The third-order valence-electron chi connectivity index (χ3n) is 3.47. The average molecular weight is 461 g/mol. The molecule has 0 saturated carbocycles. The molecule has 0 aliphatic rings. The Bertz CT molecular complexity index is 949. The molecule has 2 heterocycles. The zero-order valence-electron chi connectivity index (χ0n) is 15.3. The van der Waals surface area contributed by atoms with Crippen molar-refractivity contribution in [3.8, 4) is 10.1 Å². The molecule has 28 heavy (non-hydrogen) atoms. The van der Waals surface area contributed by atoms with Crippen LogP contribution in [-0.2, 0) is 12.7 Å². The number of rotatable bonds is 4. The molecule has 1 N–H and O–H groups in total. The molecule has 2 aromatic heterocycles. The summed E-state index contributed by atoms with van der Waals surface area (Å²) in [6, 6.07) is 6.46. The molecule has 0 saturated heterocycles. The fraction of sp³-hybridized carbons (Fsp3) is 0.278. The summed E-state index contributed by atoms with van der Waals surface area (Å²) < 4.78 is 54.3. The summed E-state index contributed by atoms with van der Waals surface area (Å²) in [5.74, 6) is -1.32. The van der Waals surface area contributed by atoms with Gasteiger partial charge >= 0.3 is 151 Å². The Kier molecular flexibility index (Phi) is 7.15. The summed E-state index contributed by atoms with van der Waals surface area (Å²) in [6.07, 6.45) is -3.13. The second-order valence-electron chi connectivity index (χ2n) is 5.19. The first-order chi connectivity index (χ1) is 13.3. The normalized spacial score (nSPS) is 11.0. The van der Waals surface area contributed by atoms with Gasteiger partial charge in [-0.1, -0.05) is 13.8 Å². The summed E-state index contributed by atoms with van der Waals surface area (Å²) >= 11 is -0.531. The fourth-order valence-electron chi connectivity index (χ4n) is 2.25. The van der Waals surface area contributed by atoms with Gasteiger partial charge in [-0.25, -0.2) is 0 Å². The van der Waals surface area contributed by atoms with Crippen molar-refractivity contribution in [3.05, 3.63) is 53.6 Å². The van der Waals surface area contributed by atoms with E-state index in [-0.39, 0.29) is 16.8 Å². The standard InChI is InChI=1S/C16H12F4N4OSe.C2H6/c1-2-24-11(7-13(23-24)16(18,19)20)12-8-21-15(26-12)22-14(25)9-5-3-4-6-10(9)17;1-2/h3-8H,2H2,1H3,(H,21,22,25);1-2H3. The number of aromatic nitrogens is 3. The molecule has 0 unspecified atom stereocenters. The number of anilines is 1. The van der Waals surface area contributed by atoms with Crippen molar-refractivity contribution in [2.45, 2.75) is 33.5 Å². The zero-order chi connectivity index (χ0) is 20.9. The number of halogens is 4. The number of carbonyl (C=O) groups is 1. The Labute approximate surface area is 165 Å². The predicted octanol–water partition coefficient (Wildman–Crippen LogP) is 4.46. The number of hydrogen-bond donors (Lipinski definition) is 1. The Morgan fingerprint density at radius 1 is 1.25 bits per heavy atom. The van der Waals surface area contributed by atoms with Crippen LogP contribution in [-0.4, -0.2) is 35.2 Å². The first-order valence-electron chi connectivity index (χ1n) is 8.46. The molecule has 0 fully saturated rings. The van der Waals surface area contributed by atoms with Gasteiger partial charge in [0.25, 0.3) is 0 Å². The Hall–Kier alpha value is -2.45. The van der Waals surface area contributed by atoms with E-state index in [0.29, 0.717) is 10.1 Å². The second kappa shape index (κ2) is 9.16. The molecule has 0 bridgehead atoms. The van der Waals surface area contributed by atoms with E-state index in [1.165, 1.54) is 35.1 Å². The van der Waals surface area contributed by atoms with Crippen LogP contribution in [0, 0.1) is 5.82 Å². The van der Waals surface area contributed by atoms with E-state index in [2.05, 4.69) is 15.4 Å². The Morgan fingerprint density at radius 3 is 2.54 bits per heavy atom. The van der Waals surface area contributed by atoms with Gasteiger partial charge < -0.3 is 0 Å². The van der Waals surface area contributed by atoms with Crippen molar-refractivity contribution < 1.29 is 22.4 Å². The van der Waals surface area contributed by atoms with Crippen molar-refractivity contribution in [2.24, 2.45) is 0 Å². The first-order valence-corrected chi connectivity index (χ1v) is 10.2. The molecule has 150 valence electrons. The molecule has 3 rings (SSSR count). The van der Waals surface area contributed by atoms with Crippen LogP contribution in [0.5, 0.6) is 0 Å². The van der Waals surface area contributed by atoms with Gasteiger partial charge in [-0.2, -0.15) is 0 Å². The number of carbonyl (C=O) groups excluding carboxylic acids is 1. The van der Waals surface area contributed by atoms with Crippen LogP contribution < -0.4 is 5.32 Å². The van der Waals surface area contributed by atoms with Gasteiger partial charge in [-0.15, -0.1) is 0 Å². The van der Waals surface area contributed by atoms with E-state index in [0.717, 1.165) is 6.07 Å². The third-order valence-corrected chi connectivity index (χ3v) is 5.43. The molecular weight excluding hydrogens is 443 g/mol. The summed E-state index contributed by atoms with van der Waals surface area (Å²) in [5, 5.41) is 6.07. The van der Waals surface area contributed by atoms with Gasteiger partial charge in [0.1, 0.15) is 0 Å². The maximum absolute atomic E-state index is 13.6. The molecule has 0 aliphatic heterocycles. The Morgan fingerprint density at radius 2 is 1.93 bits per heavy atom. The van der Waals surface area contributed by atoms with Gasteiger partial charge in [-0.05, 0) is 0 Å². The molecule has 10 heteroatoms. The minimum atomic E-state index is -4.54. The van der Waals surface area contributed by atoms with Crippen LogP contribution in [0.25, 0.3) is 10.1 Å². The molecular formula is C18H18F4N4OSe. The second-order valence-corrected chi connectivity index (χ2v) is 7.35. The van der Waals surface area contributed by atoms with Crippen molar-refractivity contribution in [1.82, 2.24) is 14.8 Å². The van der Waals surface area contributed by atoms with Crippen LogP contribution >= 0.6 is 0 Å². The van der Waals surface area contributed by atoms with Gasteiger partial charge in [0, 0.05) is 0 Å². The topological polar surface area (TPSA) is 59.8 Å². The van der Waals surface area contributed by atoms with Crippen LogP contribution in [0.1, 0.15) is 36.8 Å². The molecule has 0 aliphatic carbocycles. The fourth-order valence-corrected chi connectivity index (χ4v) is 4.00. The van der Waals surface area contributed by atoms with E-state index < -0.39 is 38.1 Å². The molecule has 3 aromatic rings. The van der Waals surface area contributed by atoms with Crippen LogP contribution in [0.15, 0.2) is 36.5 Å². The van der Waals surface area contributed by atoms with Crippen molar-refractivity contribution in [3.63, 3.8) is 0 Å². The zero-order valence-corrected chi connectivity index (χ0v) is 17.1. The van der Waals surface area contributed by atoms with Crippen molar-refractivity contribution in [2.75, 3.05) is 5.32 Å². The number of amides is 1. The molecule has 5 nitrogen and oxygen atoms in total. The maximum atomic E-state index is 13.6. The monoisotopic (exact) mass is 462 g/mol. The molecule has 0 radical (unpaired) electrons. The first kappa shape index (κ1) is 21.8. The SMILES string of the molecule is CC.CCn1nc(C(F)(F)F)cc1-c1cnc(NC(=O)c2ccccc2F)[se]1. The number of aryl methyl sites for hydroxylation is 1. The van der Waals surface area contributed by atoms with Crippen LogP contribution in [0.2, 0.25) is 0 Å². The molecule has 1 aromatic carbocycles. The van der Waals surface area contributed by atoms with Gasteiger partial charge in [-0.3, -0.25) is 0 Å². The minimum absolute atomic E-state index is 0.127. The number of nitrogens with zero attached hydrogens (tertiary/aromatic N) is 3. The predicted molar refractivity (Wildman–Crippen MR) is 98.8 cm³/mol. The average Bonchev–Trinajstić information content (AvgIpc) is 3.29. The van der Waals surface area contributed by atoms with Crippen molar-refractivity contribution >= 4 is 25.1 Å². The Balaban J connectivity index is 0.00000136. The summed E-state index contributed by atoms with van der Waals surface area (Å²) in [5.41, 5.74) is -0.800. The summed E-state index contributed by atoms with van der Waals surface area (Å²) in [4.78, 5) is 16.2. The van der Waals surface area contributed by atoms with E-state index in [1.807, 2.05) is 13.8 Å². The van der Waals surface area contributed by atoms with E-state index in [9.17, 15) is 22.4 Å². The van der Waals surface area contributed by atoms with Gasteiger partial charge in [0.05, 0.1) is 0 Å². The quantitative estimate of drug-likeness (QED) is 0.461. The van der Waals surface area contributed by atoms with Gasteiger partial charge in [0.2, 0.25) is 0 Å². The molecule has 0 spiro atoms. The van der Waals surface area contributed by atoms with E-state index >= 15 is 0 Å². The van der Waals surface area contributed by atoms with E-state index in [4.69, 9.17) is 0 Å². The number of nitrogens with one attached hydrogen (secondary N) is 1. The molecule has 1 amide bonds. The van der Waals surface area contributed by atoms with Gasteiger partial charge in [0.15, 0.2) is 0 Å².